The molecule has 0 aliphatic carbocycles. The molecule has 0 unspecified atom stereocenters. The van der Waals surface area contributed by atoms with Crippen LogP contribution in [0.25, 0.3) is 0 Å². The van der Waals surface area contributed by atoms with Gasteiger partial charge >= 0.3 is 11.6 Å². The molecule has 0 amide bonds. The van der Waals surface area contributed by atoms with Crippen LogP contribution in [0, 0.1) is 10.1 Å². The number of hydrogen-bond acceptors (Lipinski definition) is 4. The molecule has 1 aromatic carbocycles. The molecule has 0 aliphatic heterocycles. The number of nitro groups is 1. The minimum absolute atomic E-state index is 0.197. The molecule has 0 saturated heterocycles. The molecule has 0 radical (unpaired) electrons. The van der Waals surface area contributed by atoms with Crippen molar-refractivity contribution in [1.29, 1.82) is 0 Å². The molecule has 0 saturated carbocycles. The second kappa shape index (κ2) is 5.89. The van der Waals surface area contributed by atoms with Crippen LogP contribution in [0.4, 0.5) is 18.9 Å². The lowest BCUT2D eigenvalue weighted by molar-refractivity contribution is -0.386. The van der Waals surface area contributed by atoms with E-state index in [4.69, 9.17) is 4.74 Å². The molecule has 20 heavy (non-hydrogen) atoms. The number of halogens is 3. The van der Waals surface area contributed by atoms with E-state index in [0.717, 1.165) is 12.1 Å². The molecule has 110 valence electrons. The highest BCUT2D eigenvalue weighted by Gasteiger charge is 2.41. The van der Waals surface area contributed by atoms with Crippen LogP contribution < -0.4 is 4.74 Å². The van der Waals surface area contributed by atoms with Gasteiger partial charge < -0.3 is 4.74 Å². The van der Waals surface area contributed by atoms with Crippen LogP contribution in [0.15, 0.2) is 18.2 Å². The molecule has 0 aromatic heterocycles. The second-order valence-corrected chi connectivity index (χ2v) is 4.24. The van der Waals surface area contributed by atoms with Crippen molar-refractivity contribution in [2.75, 3.05) is 6.67 Å². The fourth-order valence-corrected chi connectivity index (χ4v) is 1.45. The Morgan fingerprint density at radius 1 is 1.45 bits per heavy atom. The summed E-state index contributed by atoms with van der Waals surface area (Å²) in [5.41, 5.74) is -1.65. The van der Waals surface area contributed by atoms with Crippen LogP contribution in [0.3, 0.4) is 0 Å². The molecular formula is C12H12F3NO4. The second-order valence-electron chi connectivity index (χ2n) is 4.24. The number of ether oxygens (including phenoxy) is 1. The van der Waals surface area contributed by atoms with E-state index >= 15 is 0 Å². The average Bonchev–Trinajstić information content (AvgIpc) is 2.36. The molecule has 0 heterocycles. The molecule has 0 spiro atoms. The van der Waals surface area contributed by atoms with Gasteiger partial charge in [-0.3, -0.25) is 14.9 Å². The molecule has 0 N–H and O–H groups in total. The summed E-state index contributed by atoms with van der Waals surface area (Å²) < 4.78 is 44.3. The van der Waals surface area contributed by atoms with Gasteiger partial charge in [-0.2, -0.15) is 8.78 Å². The number of alkyl halides is 3. The molecular weight excluding hydrogens is 279 g/mol. The first-order chi connectivity index (χ1) is 9.20. The maximum Gasteiger partial charge on any atom is 0.333 e. The van der Waals surface area contributed by atoms with E-state index in [1.807, 2.05) is 0 Å². The Morgan fingerprint density at radius 3 is 2.50 bits per heavy atom. The van der Waals surface area contributed by atoms with E-state index in [-0.39, 0.29) is 5.75 Å². The van der Waals surface area contributed by atoms with Crippen molar-refractivity contribution in [2.24, 2.45) is 0 Å². The first-order valence-corrected chi connectivity index (χ1v) is 5.62. The molecule has 0 fully saturated rings. The van der Waals surface area contributed by atoms with Crippen LogP contribution in [0.1, 0.15) is 19.4 Å². The Morgan fingerprint density at radius 2 is 2.05 bits per heavy atom. The highest BCUT2D eigenvalue weighted by atomic mass is 19.3. The van der Waals surface area contributed by atoms with Crippen LogP contribution in [-0.2, 0) is 10.7 Å². The zero-order valence-electron chi connectivity index (χ0n) is 10.7. The average molecular weight is 291 g/mol. The summed E-state index contributed by atoms with van der Waals surface area (Å²) in [6, 6.07) is 2.29. The predicted molar refractivity (Wildman–Crippen MR) is 63.7 cm³/mol. The summed E-state index contributed by atoms with van der Waals surface area (Å²) in [7, 11) is 0. The van der Waals surface area contributed by atoms with Crippen molar-refractivity contribution < 1.29 is 27.6 Å². The lowest BCUT2D eigenvalue weighted by atomic mass is 10.0. The van der Waals surface area contributed by atoms with Crippen LogP contribution in [-0.4, -0.2) is 23.5 Å². The van der Waals surface area contributed by atoms with Crippen molar-refractivity contribution in [3.05, 3.63) is 33.9 Å². The van der Waals surface area contributed by atoms with Gasteiger partial charge in [0.05, 0.1) is 11.0 Å². The summed E-state index contributed by atoms with van der Waals surface area (Å²) in [5.74, 6) is -6.27. The molecule has 0 bridgehead atoms. The van der Waals surface area contributed by atoms with Gasteiger partial charge in [0.1, 0.15) is 0 Å². The summed E-state index contributed by atoms with van der Waals surface area (Å²) in [6.45, 7) is 1.36. The smallest absolute Gasteiger partial charge is 0.333 e. The number of nitro benzene ring substituents is 1. The van der Waals surface area contributed by atoms with Crippen molar-refractivity contribution >= 4 is 11.5 Å². The van der Waals surface area contributed by atoms with E-state index in [9.17, 15) is 28.1 Å². The minimum atomic E-state index is -4.12. The Kier molecular flexibility index (Phi) is 4.69. The molecule has 1 rings (SSSR count). The SMILES string of the molecule is CC(C)Oc1ccc(C(F)(F)C(=O)CF)cc1[N+](=O)[O-]. The third-order valence-corrected chi connectivity index (χ3v) is 2.35. The van der Waals surface area contributed by atoms with Crippen LogP contribution >= 0.6 is 0 Å². The fourth-order valence-electron chi connectivity index (χ4n) is 1.45. The van der Waals surface area contributed by atoms with E-state index in [2.05, 4.69) is 0 Å². The third kappa shape index (κ3) is 3.25. The molecule has 0 aliphatic rings. The first kappa shape index (κ1) is 15.9. The fraction of sp³-hybridized carbons (Fsp3) is 0.417. The maximum atomic E-state index is 13.5. The zero-order valence-corrected chi connectivity index (χ0v) is 10.7. The molecule has 5 nitrogen and oxygen atoms in total. The highest BCUT2D eigenvalue weighted by Crippen LogP contribution is 2.36. The van der Waals surface area contributed by atoms with Gasteiger partial charge in [-0.25, -0.2) is 4.39 Å². The van der Waals surface area contributed by atoms with Crippen molar-refractivity contribution in [2.45, 2.75) is 25.9 Å². The van der Waals surface area contributed by atoms with Gasteiger partial charge in [0.15, 0.2) is 12.4 Å². The number of Topliss-reactive ketones (excluding diaryl/α,β-unsaturated/α-hetero) is 1. The van der Waals surface area contributed by atoms with Gasteiger partial charge in [-0.05, 0) is 26.0 Å². The largest absolute Gasteiger partial charge is 0.484 e. The number of nitrogens with zero attached hydrogens (tertiary/aromatic N) is 1. The van der Waals surface area contributed by atoms with Gasteiger partial charge in [-0.15, -0.1) is 0 Å². The Hall–Kier alpha value is -2.12. The van der Waals surface area contributed by atoms with Crippen molar-refractivity contribution in [3.8, 4) is 5.75 Å². The molecule has 0 atom stereocenters. The Bertz CT molecular complexity index is 531. The van der Waals surface area contributed by atoms with Crippen molar-refractivity contribution in [3.63, 3.8) is 0 Å². The predicted octanol–water partition coefficient (Wildman–Crippen LogP) is 3.01. The lowest BCUT2D eigenvalue weighted by Crippen LogP contribution is -2.27. The summed E-state index contributed by atoms with van der Waals surface area (Å²) in [6.07, 6.45) is -0.396. The van der Waals surface area contributed by atoms with Crippen molar-refractivity contribution in [1.82, 2.24) is 0 Å². The summed E-state index contributed by atoms with van der Waals surface area (Å²) in [4.78, 5) is 20.8. The molecule has 8 heteroatoms. The van der Waals surface area contributed by atoms with Crippen LogP contribution in [0.5, 0.6) is 5.75 Å². The first-order valence-electron chi connectivity index (χ1n) is 5.62. The number of benzene rings is 1. The van der Waals surface area contributed by atoms with Gasteiger partial charge in [0.25, 0.3) is 0 Å². The topological polar surface area (TPSA) is 69.4 Å². The summed E-state index contributed by atoms with van der Waals surface area (Å²) >= 11 is 0. The quantitative estimate of drug-likeness (QED) is 0.596. The van der Waals surface area contributed by atoms with Gasteiger partial charge in [0, 0.05) is 11.6 Å². The third-order valence-electron chi connectivity index (χ3n) is 2.35. The number of carbonyl (C=O) groups is 1. The number of carbonyl (C=O) groups excluding carboxylic acids is 1. The Balaban J connectivity index is 3.30. The van der Waals surface area contributed by atoms with Gasteiger partial charge in [0.2, 0.25) is 5.78 Å². The number of rotatable bonds is 6. The van der Waals surface area contributed by atoms with E-state index < -0.39 is 40.7 Å². The monoisotopic (exact) mass is 291 g/mol. The minimum Gasteiger partial charge on any atom is -0.484 e. The Labute approximate surface area is 112 Å². The standard InChI is InChI=1S/C12H12F3NO4/c1-7(2)20-10-4-3-8(5-9(10)16(18)19)12(14,15)11(17)6-13/h3-5,7H,6H2,1-2H3. The number of ketones is 1. The molecule has 1 aromatic rings. The summed E-state index contributed by atoms with van der Waals surface area (Å²) in [5, 5.41) is 10.8. The zero-order chi connectivity index (χ0) is 15.5. The lowest BCUT2D eigenvalue weighted by Gasteiger charge is -2.15. The number of hydrogen-bond donors (Lipinski definition) is 0. The highest BCUT2D eigenvalue weighted by molar-refractivity contribution is 5.88. The maximum absolute atomic E-state index is 13.5. The van der Waals surface area contributed by atoms with E-state index in [0.29, 0.717) is 6.07 Å². The normalized spacial score (nSPS) is 11.5. The van der Waals surface area contributed by atoms with Gasteiger partial charge in [-0.1, -0.05) is 0 Å². The van der Waals surface area contributed by atoms with E-state index in [1.54, 1.807) is 13.8 Å². The van der Waals surface area contributed by atoms with Crippen LogP contribution in [0.2, 0.25) is 0 Å². The van der Waals surface area contributed by atoms with E-state index in [1.165, 1.54) is 0 Å².